The largest absolute Gasteiger partial charge is 0.508 e. The van der Waals surface area contributed by atoms with E-state index in [-0.39, 0.29) is 6.61 Å². The number of nitrogens with one attached hydrogen (secondary N) is 1. The van der Waals surface area contributed by atoms with Crippen LogP contribution in [0.5, 0.6) is 0 Å². The molecule has 1 unspecified atom stereocenters. The molecule has 2 saturated heterocycles. The fourth-order valence-corrected chi connectivity index (χ4v) is 2.43. The highest BCUT2D eigenvalue weighted by Gasteiger charge is 2.60. The summed E-state index contributed by atoms with van der Waals surface area (Å²) in [6.45, 7) is 1.01. The van der Waals surface area contributed by atoms with Gasteiger partial charge in [0.15, 0.2) is 18.0 Å². The zero-order valence-electron chi connectivity index (χ0n) is 10.4. The summed E-state index contributed by atoms with van der Waals surface area (Å²) >= 11 is 0. The van der Waals surface area contributed by atoms with Crippen molar-refractivity contribution in [1.82, 2.24) is 9.55 Å². The van der Waals surface area contributed by atoms with Crippen molar-refractivity contribution in [2.75, 3.05) is 6.61 Å². The Morgan fingerprint density at radius 1 is 1.45 bits per heavy atom. The number of carbonyl (C=O) groups is 1. The Morgan fingerprint density at radius 2 is 2.20 bits per heavy atom. The third kappa shape index (κ3) is 1.82. The van der Waals surface area contributed by atoms with Crippen molar-refractivity contribution in [2.45, 2.75) is 31.0 Å². The van der Waals surface area contributed by atoms with E-state index in [1.165, 1.54) is 6.92 Å². The molecule has 9 heteroatoms. The summed E-state index contributed by atoms with van der Waals surface area (Å²) in [6.07, 6.45) is -3.16. The molecule has 0 bridgehead atoms. The van der Waals surface area contributed by atoms with Crippen molar-refractivity contribution < 1.29 is 23.4 Å². The molecule has 4 atom stereocenters. The Morgan fingerprint density at radius 3 is 2.90 bits per heavy atom. The first-order chi connectivity index (χ1) is 9.39. The van der Waals surface area contributed by atoms with Crippen LogP contribution < -0.4 is 11.2 Å². The van der Waals surface area contributed by atoms with Gasteiger partial charge in [0, 0.05) is 12.3 Å². The summed E-state index contributed by atoms with van der Waals surface area (Å²) in [7, 11) is 0. The average Bonchev–Trinajstić information content (AvgIpc) is 2.62. The predicted molar refractivity (Wildman–Crippen MR) is 61.0 cm³/mol. The number of fused-ring (bicyclic) bond motifs is 1. The lowest BCUT2D eigenvalue weighted by atomic mass is 9.98. The van der Waals surface area contributed by atoms with Crippen molar-refractivity contribution in [3.05, 3.63) is 33.1 Å². The molecule has 2 aliphatic heterocycles. The second-order valence-electron chi connectivity index (χ2n) is 4.79. The number of aromatic amines is 1. The molecule has 0 aromatic carbocycles. The summed E-state index contributed by atoms with van der Waals surface area (Å²) in [5.74, 6) is 0. The molecule has 0 aliphatic carbocycles. The highest BCUT2D eigenvalue weighted by Crippen LogP contribution is 2.43. The zero-order chi connectivity index (χ0) is 14.5. The monoisotopic (exact) mass is 286 g/mol. The average molecular weight is 286 g/mol. The van der Waals surface area contributed by atoms with Crippen LogP contribution in [0.1, 0.15) is 13.2 Å². The summed E-state index contributed by atoms with van der Waals surface area (Å²) in [4.78, 5) is 35.8. The van der Waals surface area contributed by atoms with Gasteiger partial charge in [0.2, 0.25) is 0 Å². The van der Waals surface area contributed by atoms with Crippen LogP contribution in [0, 0.1) is 0 Å². The van der Waals surface area contributed by atoms with Gasteiger partial charge in [-0.05, 0) is 6.92 Å². The lowest BCUT2D eigenvalue weighted by molar-refractivity contribution is -0.0996. The van der Waals surface area contributed by atoms with Crippen molar-refractivity contribution in [3.63, 3.8) is 0 Å². The van der Waals surface area contributed by atoms with Crippen LogP contribution in [0.3, 0.4) is 0 Å². The zero-order valence-corrected chi connectivity index (χ0v) is 10.4. The van der Waals surface area contributed by atoms with Gasteiger partial charge in [-0.1, -0.05) is 0 Å². The number of hydrogen-bond donors (Lipinski definition) is 1. The first-order valence-electron chi connectivity index (χ1n) is 5.89. The maximum Gasteiger partial charge on any atom is 0.508 e. The molecule has 0 spiro atoms. The van der Waals surface area contributed by atoms with E-state index in [0.29, 0.717) is 0 Å². The lowest BCUT2D eigenvalue weighted by Crippen LogP contribution is -2.48. The standard InChI is InChI=1S/C11H11FN2O6/c1-11(12)7-5(4-18-10(17)20-7)19-8(11)14-3-2-6(15)13-9(14)16/h2-3,5,7-8H,4H2,1H3,(H,13,15,16)/t5?,7-,8-,11-/m1/s1. The quantitative estimate of drug-likeness (QED) is 0.711. The molecule has 1 N–H and O–H groups in total. The highest BCUT2D eigenvalue weighted by atomic mass is 19.1. The molecule has 2 fully saturated rings. The van der Waals surface area contributed by atoms with Crippen LogP contribution >= 0.6 is 0 Å². The van der Waals surface area contributed by atoms with E-state index in [1.54, 1.807) is 0 Å². The normalized spacial score (nSPS) is 36.1. The Kier molecular flexibility index (Phi) is 2.68. The Bertz CT molecular complexity index is 665. The first-order valence-corrected chi connectivity index (χ1v) is 5.89. The van der Waals surface area contributed by atoms with Crippen LogP contribution in [0.25, 0.3) is 0 Å². The van der Waals surface area contributed by atoms with Gasteiger partial charge in [0.1, 0.15) is 12.7 Å². The molecule has 0 radical (unpaired) electrons. The van der Waals surface area contributed by atoms with E-state index in [4.69, 9.17) is 9.47 Å². The number of nitrogens with zero attached hydrogens (tertiary/aromatic N) is 1. The maximum atomic E-state index is 14.8. The lowest BCUT2D eigenvalue weighted by Gasteiger charge is -2.29. The van der Waals surface area contributed by atoms with Crippen molar-refractivity contribution in [2.24, 2.45) is 0 Å². The maximum absolute atomic E-state index is 14.8. The Labute approximate surface area is 111 Å². The van der Waals surface area contributed by atoms with Crippen LogP contribution in [0.4, 0.5) is 9.18 Å². The molecule has 20 heavy (non-hydrogen) atoms. The number of alkyl halides is 1. The van der Waals surface area contributed by atoms with E-state index in [1.807, 2.05) is 4.98 Å². The molecular weight excluding hydrogens is 275 g/mol. The van der Waals surface area contributed by atoms with Crippen LogP contribution in [0.2, 0.25) is 0 Å². The van der Waals surface area contributed by atoms with Gasteiger partial charge >= 0.3 is 11.8 Å². The Balaban J connectivity index is 2.00. The van der Waals surface area contributed by atoms with Gasteiger partial charge < -0.3 is 14.2 Å². The summed E-state index contributed by atoms with van der Waals surface area (Å²) in [5.41, 5.74) is -3.54. The number of hydrogen-bond acceptors (Lipinski definition) is 6. The minimum absolute atomic E-state index is 0.155. The van der Waals surface area contributed by atoms with Gasteiger partial charge in [-0.15, -0.1) is 0 Å². The second kappa shape index (κ2) is 4.17. The van der Waals surface area contributed by atoms with Crippen LogP contribution in [0.15, 0.2) is 21.9 Å². The molecule has 0 amide bonds. The number of rotatable bonds is 1. The van der Waals surface area contributed by atoms with Crippen LogP contribution in [-0.4, -0.2) is 40.2 Å². The van der Waals surface area contributed by atoms with Crippen LogP contribution in [-0.2, 0) is 14.2 Å². The van der Waals surface area contributed by atoms with Gasteiger partial charge in [0.05, 0.1) is 0 Å². The van der Waals surface area contributed by atoms with Crippen molar-refractivity contribution in [1.29, 1.82) is 0 Å². The van der Waals surface area contributed by atoms with Gasteiger partial charge in [-0.25, -0.2) is 14.0 Å². The summed E-state index contributed by atoms with van der Waals surface area (Å²) in [6, 6.07) is 1.07. The number of aromatic nitrogens is 2. The van der Waals surface area contributed by atoms with E-state index in [2.05, 4.69) is 4.74 Å². The number of H-pyrrole nitrogens is 1. The molecule has 3 rings (SSSR count). The fourth-order valence-electron chi connectivity index (χ4n) is 2.43. The smallest absolute Gasteiger partial charge is 0.431 e. The molecule has 108 valence electrons. The van der Waals surface area contributed by atoms with Gasteiger partial charge in [-0.3, -0.25) is 14.3 Å². The molecule has 3 heterocycles. The molecule has 1 aromatic heterocycles. The number of ether oxygens (including phenoxy) is 3. The molecule has 8 nitrogen and oxygen atoms in total. The highest BCUT2D eigenvalue weighted by molar-refractivity contribution is 5.61. The van der Waals surface area contributed by atoms with Crippen molar-refractivity contribution >= 4 is 6.16 Å². The van der Waals surface area contributed by atoms with Gasteiger partial charge in [0.25, 0.3) is 5.56 Å². The first kappa shape index (κ1) is 12.9. The molecule has 1 aromatic rings. The number of halogens is 1. The summed E-state index contributed by atoms with van der Waals surface area (Å²) in [5, 5.41) is 0. The SMILES string of the molecule is C[C@@]1(F)[C@@H]2OC(=O)OCC2O[C@H]1n1ccc(=O)[nH]c1=O. The Hall–Kier alpha value is -2.16. The van der Waals surface area contributed by atoms with E-state index < -0.39 is 41.5 Å². The van der Waals surface area contributed by atoms with Crippen molar-refractivity contribution in [3.8, 4) is 0 Å². The predicted octanol–water partition coefficient (Wildman–Crippen LogP) is -0.302. The minimum Gasteiger partial charge on any atom is -0.431 e. The molecule has 0 saturated carbocycles. The topological polar surface area (TPSA) is 99.6 Å². The third-order valence-electron chi connectivity index (χ3n) is 3.37. The second-order valence-corrected chi connectivity index (χ2v) is 4.79. The number of carbonyl (C=O) groups excluding carboxylic acids is 1. The van der Waals surface area contributed by atoms with E-state index >= 15 is 0 Å². The van der Waals surface area contributed by atoms with E-state index in [0.717, 1.165) is 16.8 Å². The third-order valence-corrected chi connectivity index (χ3v) is 3.37. The van der Waals surface area contributed by atoms with Gasteiger partial charge in [-0.2, -0.15) is 0 Å². The summed E-state index contributed by atoms with van der Waals surface area (Å²) < 4.78 is 30.6. The molecular formula is C11H11FN2O6. The fraction of sp³-hybridized carbons (Fsp3) is 0.545. The molecule has 2 aliphatic rings. The van der Waals surface area contributed by atoms with E-state index in [9.17, 15) is 18.8 Å². The number of cyclic esters (lactones) is 1. The minimum atomic E-state index is -2.13.